The topological polar surface area (TPSA) is 109 Å². The summed E-state index contributed by atoms with van der Waals surface area (Å²) in [6.07, 6.45) is 3.73. The van der Waals surface area contributed by atoms with Crippen molar-refractivity contribution >= 4 is 12.0 Å². The average molecular weight is 255 g/mol. The molecule has 100 valence electrons. The zero-order valence-electron chi connectivity index (χ0n) is 10.2. The lowest BCUT2D eigenvalue weighted by Gasteiger charge is -2.11. The Morgan fingerprint density at radius 2 is 2.22 bits per heavy atom. The van der Waals surface area contributed by atoms with E-state index in [0.717, 1.165) is 0 Å². The van der Waals surface area contributed by atoms with Crippen LogP contribution in [0.4, 0.5) is 4.79 Å². The molecule has 0 spiro atoms. The number of aromatic nitrogens is 3. The van der Waals surface area contributed by atoms with Gasteiger partial charge in [0, 0.05) is 19.3 Å². The van der Waals surface area contributed by atoms with E-state index in [1.165, 1.54) is 0 Å². The summed E-state index contributed by atoms with van der Waals surface area (Å²) in [6, 6.07) is -0.380. The molecule has 0 aliphatic rings. The second-order valence-corrected chi connectivity index (χ2v) is 3.75. The fourth-order valence-corrected chi connectivity index (χ4v) is 1.32. The molecule has 0 saturated carbocycles. The average Bonchev–Trinajstić information content (AvgIpc) is 2.82. The van der Waals surface area contributed by atoms with Crippen molar-refractivity contribution in [3.05, 3.63) is 12.4 Å². The van der Waals surface area contributed by atoms with E-state index in [4.69, 9.17) is 5.11 Å². The first-order valence-electron chi connectivity index (χ1n) is 5.72. The van der Waals surface area contributed by atoms with Crippen LogP contribution in [0.25, 0.3) is 0 Å². The molecule has 0 saturated heterocycles. The van der Waals surface area contributed by atoms with Crippen molar-refractivity contribution < 1.29 is 14.7 Å². The SMILES string of the molecule is CCC(CNC(=O)NCCn1ccnn1)C(=O)O. The van der Waals surface area contributed by atoms with Gasteiger partial charge in [-0.3, -0.25) is 9.48 Å². The van der Waals surface area contributed by atoms with Gasteiger partial charge >= 0.3 is 12.0 Å². The van der Waals surface area contributed by atoms with Gasteiger partial charge in [0.15, 0.2) is 0 Å². The van der Waals surface area contributed by atoms with Crippen molar-refractivity contribution in [1.29, 1.82) is 0 Å². The lowest BCUT2D eigenvalue weighted by Crippen LogP contribution is -2.40. The highest BCUT2D eigenvalue weighted by molar-refractivity contribution is 5.75. The Kier molecular flexibility index (Phi) is 5.62. The lowest BCUT2D eigenvalue weighted by atomic mass is 10.1. The quantitative estimate of drug-likeness (QED) is 0.619. The van der Waals surface area contributed by atoms with E-state index < -0.39 is 11.9 Å². The monoisotopic (exact) mass is 255 g/mol. The number of carbonyl (C=O) groups is 2. The van der Waals surface area contributed by atoms with Crippen LogP contribution in [0.15, 0.2) is 12.4 Å². The maximum absolute atomic E-state index is 11.4. The molecule has 2 amide bonds. The molecule has 1 unspecified atom stereocenters. The molecule has 0 aromatic carbocycles. The van der Waals surface area contributed by atoms with Crippen molar-refractivity contribution in [1.82, 2.24) is 25.6 Å². The Hall–Kier alpha value is -2.12. The minimum Gasteiger partial charge on any atom is -0.481 e. The van der Waals surface area contributed by atoms with Gasteiger partial charge in [-0.05, 0) is 6.42 Å². The molecule has 0 aliphatic carbocycles. The van der Waals surface area contributed by atoms with Gasteiger partial charge in [0.25, 0.3) is 0 Å². The molecular weight excluding hydrogens is 238 g/mol. The van der Waals surface area contributed by atoms with Crippen molar-refractivity contribution in [2.75, 3.05) is 13.1 Å². The zero-order valence-corrected chi connectivity index (χ0v) is 10.2. The molecule has 1 heterocycles. The van der Waals surface area contributed by atoms with Crippen molar-refractivity contribution in [3.63, 3.8) is 0 Å². The Bertz CT molecular complexity index is 379. The maximum atomic E-state index is 11.4. The third kappa shape index (κ3) is 4.81. The van der Waals surface area contributed by atoms with Crippen LogP contribution in [0, 0.1) is 5.92 Å². The summed E-state index contributed by atoms with van der Waals surface area (Å²) < 4.78 is 1.59. The molecule has 0 radical (unpaired) electrons. The maximum Gasteiger partial charge on any atom is 0.314 e. The van der Waals surface area contributed by atoms with Crippen LogP contribution in [0.5, 0.6) is 0 Å². The summed E-state index contributed by atoms with van der Waals surface area (Å²) in [6.45, 7) is 2.81. The molecule has 18 heavy (non-hydrogen) atoms. The van der Waals surface area contributed by atoms with Gasteiger partial charge in [0.05, 0.1) is 18.7 Å². The highest BCUT2D eigenvalue weighted by Crippen LogP contribution is 1.99. The number of rotatable bonds is 7. The number of aliphatic carboxylic acids is 1. The molecule has 3 N–H and O–H groups in total. The lowest BCUT2D eigenvalue weighted by molar-refractivity contribution is -0.141. The van der Waals surface area contributed by atoms with E-state index in [-0.39, 0.29) is 12.6 Å². The van der Waals surface area contributed by atoms with E-state index in [0.29, 0.717) is 19.5 Å². The largest absolute Gasteiger partial charge is 0.481 e. The van der Waals surface area contributed by atoms with E-state index in [1.54, 1.807) is 24.0 Å². The van der Waals surface area contributed by atoms with Gasteiger partial charge in [-0.25, -0.2) is 4.79 Å². The second kappa shape index (κ2) is 7.25. The molecule has 0 aliphatic heterocycles. The van der Waals surface area contributed by atoms with Gasteiger partial charge in [-0.2, -0.15) is 0 Å². The Morgan fingerprint density at radius 3 is 2.78 bits per heavy atom. The van der Waals surface area contributed by atoms with Crippen LogP contribution in [0.1, 0.15) is 13.3 Å². The van der Waals surface area contributed by atoms with Crippen molar-refractivity contribution in [3.8, 4) is 0 Å². The van der Waals surface area contributed by atoms with Crippen LogP contribution in [0.2, 0.25) is 0 Å². The van der Waals surface area contributed by atoms with Crippen LogP contribution in [-0.2, 0) is 11.3 Å². The van der Waals surface area contributed by atoms with Gasteiger partial charge in [0.2, 0.25) is 0 Å². The normalized spacial score (nSPS) is 11.8. The summed E-state index contributed by atoms with van der Waals surface area (Å²) in [5, 5.41) is 21.3. The number of urea groups is 1. The van der Waals surface area contributed by atoms with Crippen LogP contribution in [0.3, 0.4) is 0 Å². The Labute approximate surface area is 104 Å². The molecular formula is C10H17N5O3. The molecule has 8 heteroatoms. The number of hydrogen-bond donors (Lipinski definition) is 3. The third-order valence-electron chi connectivity index (χ3n) is 2.45. The van der Waals surface area contributed by atoms with Crippen molar-refractivity contribution in [2.24, 2.45) is 5.92 Å². The molecule has 0 fully saturated rings. The minimum atomic E-state index is -0.902. The summed E-state index contributed by atoms with van der Waals surface area (Å²) in [4.78, 5) is 22.1. The van der Waals surface area contributed by atoms with E-state index >= 15 is 0 Å². The summed E-state index contributed by atoms with van der Waals surface area (Å²) >= 11 is 0. The number of nitrogens with zero attached hydrogens (tertiary/aromatic N) is 3. The first-order valence-corrected chi connectivity index (χ1v) is 5.72. The smallest absolute Gasteiger partial charge is 0.314 e. The van der Waals surface area contributed by atoms with Crippen LogP contribution in [-0.4, -0.2) is 45.2 Å². The van der Waals surface area contributed by atoms with E-state index in [1.807, 2.05) is 0 Å². The standard InChI is InChI=1S/C10H17N5O3/c1-2-8(9(16)17)7-12-10(18)11-3-5-15-6-4-13-14-15/h4,6,8H,2-3,5,7H2,1H3,(H,16,17)(H2,11,12,18). The molecule has 1 aromatic heterocycles. The number of carboxylic acids is 1. The van der Waals surface area contributed by atoms with E-state index in [2.05, 4.69) is 20.9 Å². The Balaban J connectivity index is 2.15. The van der Waals surface area contributed by atoms with Crippen LogP contribution >= 0.6 is 0 Å². The number of carbonyl (C=O) groups excluding carboxylic acids is 1. The minimum absolute atomic E-state index is 0.126. The highest BCUT2D eigenvalue weighted by atomic mass is 16.4. The first kappa shape index (κ1) is 13.9. The van der Waals surface area contributed by atoms with Gasteiger partial charge < -0.3 is 15.7 Å². The molecule has 1 rings (SSSR count). The molecule has 8 nitrogen and oxygen atoms in total. The predicted molar refractivity (Wildman–Crippen MR) is 62.8 cm³/mol. The summed E-state index contributed by atoms with van der Waals surface area (Å²) in [7, 11) is 0. The fourth-order valence-electron chi connectivity index (χ4n) is 1.32. The van der Waals surface area contributed by atoms with Gasteiger partial charge in [-0.15, -0.1) is 5.10 Å². The summed E-state index contributed by atoms with van der Waals surface area (Å²) in [5.74, 6) is -1.45. The van der Waals surface area contributed by atoms with E-state index in [9.17, 15) is 9.59 Å². The van der Waals surface area contributed by atoms with Crippen LogP contribution < -0.4 is 10.6 Å². The summed E-state index contributed by atoms with van der Waals surface area (Å²) in [5.41, 5.74) is 0. The second-order valence-electron chi connectivity index (χ2n) is 3.75. The molecule has 1 aromatic rings. The zero-order chi connectivity index (χ0) is 13.4. The molecule has 1 atom stereocenters. The predicted octanol–water partition coefficient (Wildman–Crippen LogP) is -0.312. The highest BCUT2D eigenvalue weighted by Gasteiger charge is 2.15. The van der Waals surface area contributed by atoms with Gasteiger partial charge in [-0.1, -0.05) is 12.1 Å². The fraction of sp³-hybridized carbons (Fsp3) is 0.600. The first-order chi connectivity index (χ1) is 8.63. The number of nitrogens with one attached hydrogen (secondary N) is 2. The number of hydrogen-bond acceptors (Lipinski definition) is 4. The molecule has 0 bridgehead atoms. The third-order valence-corrected chi connectivity index (χ3v) is 2.45. The van der Waals surface area contributed by atoms with Gasteiger partial charge in [0.1, 0.15) is 0 Å². The number of amides is 2. The Morgan fingerprint density at radius 1 is 1.44 bits per heavy atom. The van der Waals surface area contributed by atoms with Crippen molar-refractivity contribution in [2.45, 2.75) is 19.9 Å². The number of carboxylic acid groups (broad SMARTS) is 1.